The molecule has 3 rings (SSSR count). The van der Waals surface area contributed by atoms with Crippen molar-refractivity contribution in [1.29, 1.82) is 10.7 Å². The van der Waals surface area contributed by atoms with E-state index in [4.69, 9.17) is 21.7 Å². The first-order chi connectivity index (χ1) is 10.8. The van der Waals surface area contributed by atoms with Gasteiger partial charge in [0.05, 0.1) is 17.4 Å². The maximum Gasteiger partial charge on any atom is 0.168 e. The second-order valence-electron chi connectivity index (χ2n) is 6.85. The Morgan fingerprint density at radius 2 is 1.96 bits per heavy atom. The van der Waals surface area contributed by atoms with Gasteiger partial charge in [0.15, 0.2) is 5.78 Å². The number of hydrogen-bond acceptors (Lipinski definition) is 4. The van der Waals surface area contributed by atoms with Crippen LogP contribution in [0.4, 0.5) is 0 Å². The Hall–Kier alpha value is -2.12. The summed E-state index contributed by atoms with van der Waals surface area (Å²) in [6.45, 7) is 4.02. The fourth-order valence-electron chi connectivity index (χ4n) is 3.24. The molecular formula is C18H17ClN2O2. The molecule has 1 aromatic carbocycles. The second-order valence-corrected chi connectivity index (χ2v) is 7.29. The maximum atomic E-state index is 12.4. The number of halogens is 1. The molecule has 2 aliphatic rings. The Labute approximate surface area is 140 Å². The fraction of sp³-hybridized carbons (Fsp3) is 0.389. The van der Waals surface area contributed by atoms with E-state index in [2.05, 4.69) is 6.07 Å². The molecule has 0 amide bonds. The molecule has 1 aliphatic heterocycles. The third kappa shape index (κ3) is 2.77. The van der Waals surface area contributed by atoms with Crippen LogP contribution in [0.2, 0.25) is 5.02 Å². The van der Waals surface area contributed by atoms with Crippen LogP contribution in [0.25, 0.3) is 0 Å². The van der Waals surface area contributed by atoms with Gasteiger partial charge in [-0.2, -0.15) is 5.26 Å². The number of carbonyl (C=O) groups is 1. The van der Waals surface area contributed by atoms with E-state index in [1.165, 1.54) is 0 Å². The van der Waals surface area contributed by atoms with Gasteiger partial charge in [0.1, 0.15) is 17.8 Å². The van der Waals surface area contributed by atoms with Gasteiger partial charge in [-0.3, -0.25) is 4.79 Å². The lowest BCUT2D eigenvalue weighted by molar-refractivity contribution is -0.118. The quantitative estimate of drug-likeness (QED) is 0.839. The van der Waals surface area contributed by atoms with Crippen molar-refractivity contribution in [3.8, 4) is 6.07 Å². The highest BCUT2D eigenvalue weighted by Crippen LogP contribution is 2.45. The van der Waals surface area contributed by atoms with E-state index < -0.39 is 12.0 Å². The summed E-state index contributed by atoms with van der Waals surface area (Å²) < 4.78 is 6.05. The van der Waals surface area contributed by atoms with Gasteiger partial charge in [0.2, 0.25) is 0 Å². The van der Waals surface area contributed by atoms with Crippen LogP contribution in [0.15, 0.2) is 35.6 Å². The van der Waals surface area contributed by atoms with E-state index in [-0.39, 0.29) is 16.9 Å². The predicted octanol–water partition coefficient (Wildman–Crippen LogP) is 4.21. The van der Waals surface area contributed by atoms with Gasteiger partial charge in [0, 0.05) is 17.9 Å². The monoisotopic (exact) mass is 328 g/mol. The van der Waals surface area contributed by atoms with Crippen molar-refractivity contribution in [3.63, 3.8) is 0 Å². The van der Waals surface area contributed by atoms with Crippen LogP contribution in [-0.4, -0.2) is 11.5 Å². The standard InChI is InChI=1S/C18H17ClN2O2/c1-18(2)7-13(22)15-14(8-18)23-17(12(9-20)16(15)21)10-3-5-11(19)6-4-10/h3-6,12,17,21H,7-8H2,1-2H3/t12?,17-/m0/s1. The SMILES string of the molecule is CC1(C)CC(=O)C2=C(C1)O[C@@H](c1ccc(Cl)cc1)C(C#N)C2=N. The number of hydrogen-bond donors (Lipinski definition) is 1. The normalized spacial score (nSPS) is 26.3. The average molecular weight is 329 g/mol. The highest BCUT2D eigenvalue weighted by Gasteiger charge is 2.44. The largest absolute Gasteiger partial charge is 0.487 e. The number of nitrogens with one attached hydrogen (secondary N) is 1. The lowest BCUT2D eigenvalue weighted by Gasteiger charge is -2.39. The summed E-state index contributed by atoms with van der Waals surface area (Å²) in [5.74, 6) is -0.348. The van der Waals surface area contributed by atoms with E-state index in [0.29, 0.717) is 29.2 Å². The van der Waals surface area contributed by atoms with Gasteiger partial charge in [-0.25, -0.2) is 0 Å². The zero-order valence-electron chi connectivity index (χ0n) is 13.0. The first kappa shape index (κ1) is 15.8. The van der Waals surface area contributed by atoms with Crippen LogP contribution in [0.3, 0.4) is 0 Å². The first-order valence-corrected chi connectivity index (χ1v) is 7.87. The van der Waals surface area contributed by atoms with Gasteiger partial charge >= 0.3 is 0 Å². The van der Waals surface area contributed by atoms with Crippen molar-refractivity contribution in [1.82, 2.24) is 0 Å². The molecule has 0 aromatic heterocycles. The van der Waals surface area contributed by atoms with Crippen LogP contribution in [0.5, 0.6) is 0 Å². The number of nitriles is 1. The van der Waals surface area contributed by atoms with Crippen molar-refractivity contribution in [2.75, 3.05) is 0 Å². The summed E-state index contributed by atoms with van der Waals surface area (Å²) in [5.41, 5.74) is 0.976. The topological polar surface area (TPSA) is 73.9 Å². The van der Waals surface area contributed by atoms with Gasteiger partial charge < -0.3 is 10.1 Å². The second kappa shape index (κ2) is 5.50. The van der Waals surface area contributed by atoms with Crippen LogP contribution in [-0.2, 0) is 9.53 Å². The van der Waals surface area contributed by atoms with Crippen molar-refractivity contribution in [3.05, 3.63) is 46.2 Å². The molecule has 1 N–H and O–H groups in total. The zero-order valence-corrected chi connectivity index (χ0v) is 13.8. The zero-order chi connectivity index (χ0) is 16.8. The predicted molar refractivity (Wildman–Crippen MR) is 87.2 cm³/mol. The summed E-state index contributed by atoms with van der Waals surface area (Å²) in [7, 11) is 0. The molecule has 4 nitrogen and oxygen atoms in total. The maximum absolute atomic E-state index is 12.4. The van der Waals surface area contributed by atoms with Crippen LogP contribution in [0.1, 0.15) is 38.4 Å². The van der Waals surface area contributed by atoms with Crippen molar-refractivity contribution in [2.24, 2.45) is 11.3 Å². The molecule has 0 saturated carbocycles. The van der Waals surface area contributed by atoms with Crippen molar-refractivity contribution in [2.45, 2.75) is 32.8 Å². The molecule has 1 aliphatic carbocycles. The summed E-state index contributed by atoms with van der Waals surface area (Å²) in [4.78, 5) is 12.4. The number of nitrogens with zero attached hydrogens (tertiary/aromatic N) is 1. The highest BCUT2D eigenvalue weighted by molar-refractivity contribution is 6.30. The Morgan fingerprint density at radius 1 is 1.30 bits per heavy atom. The number of ether oxygens (including phenoxy) is 1. The van der Waals surface area contributed by atoms with Gasteiger partial charge in [0.25, 0.3) is 0 Å². The molecule has 0 saturated heterocycles. The van der Waals surface area contributed by atoms with Gasteiger partial charge in [-0.05, 0) is 23.1 Å². The molecule has 0 bridgehead atoms. The molecule has 0 fully saturated rings. The molecule has 1 aromatic rings. The van der Waals surface area contributed by atoms with Crippen molar-refractivity contribution < 1.29 is 9.53 Å². The van der Waals surface area contributed by atoms with Crippen LogP contribution < -0.4 is 0 Å². The Balaban J connectivity index is 2.05. The lowest BCUT2D eigenvalue weighted by Crippen LogP contribution is -2.38. The minimum Gasteiger partial charge on any atom is -0.487 e. The smallest absolute Gasteiger partial charge is 0.168 e. The molecule has 1 heterocycles. The third-order valence-corrected chi connectivity index (χ3v) is 4.58. The molecule has 2 atom stereocenters. The minimum absolute atomic E-state index is 0.0780. The van der Waals surface area contributed by atoms with E-state index >= 15 is 0 Å². The lowest BCUT2D eigenvalue weighted by atomic mass is 9.72. The Kier molecular flexibility index (Phi) is 3.77. The molecule has 0 radical (unpaired) electrons. The minimum atomic E-state index is -0.792. The van der Waals surface area contributed by atoms with Crippen LogP contribution >= 0.6 is 11.6 Å². The van der Waals surface area contributed by atoms with Gasteiger partial charge in [-0.15, -0.1) is 0 Å². The summed E-state index contributed by atoms with van der Waals surface area (Å²) in [6, 6.07) is 9.19. The first-order valence-electron chi connectivity index (χ1n) is 7.49. The molecule has 1 unspecified atom stereocenters. The fourth-order valence-corrected chi connectivity index (χ4v) is 3.36. The van der Waals surface area contributed by atoms with Gasteiger partial charge in [-0.1, -0.05) is 37.6 Å². The summed E-state index contributed by atoms with van der Waals surface area (Å²) in [5, 5.41) is 18.4. The Morgan fingerprint density at radius 3 is 2.57 bits per heavy atom. The summed E-state index contributed by atoms with van der Waals surface area (Å²) >= 11 is 5.91. The number of benzene rings is 1. The third-order valence-electron chi connectivity index (χ3n) is 4.33. The number of Topliss-reactive ketones (excluding diaryl/α,β-unsaturated/α-hetero) is 1. The van der Waals surface area contributed by atoms with Crippen LogP contribution in [0, 0.1) is 28.1 Å². The Bertz CT molecular complexity index is 756. The molecule has 118 valence electrons. The number of carbonyl (C=O) groups excluding carboxylic acids is 1. The van der Waals surface area contributed by atoms with Crippen molar-refractivity contribution >= 4 is 23.1 Å². The van der Waals surface area contributed by atoms with E-state index in [1.54, 1.807) is 24.3 Å². The van der Waals surface area contributed by atoms with E-state index in [9.17, 15) is 10.1 Å². The molecule has 23 heavy (non-hydrogen) atoms. The number of ketones is 1. The van der Waals surface area contributed by atoms with E-state index in [1.807, 2.05) is 13.8 Å². The van der Waals surface area contributed by atoms with E-state index in [0.717, 1.165) is 5.56 Å². The molecule has 5 heteroatoms. The average Bonchev–Trinajstić information content (AvgIpc) is 2.45. The summed E-state index contributed by atoms with van der Waals surface area (Å²) in [6.07, 6.45) is 0.394. The highest BCUT2D eigenvalue weighted by atomic mass is 35.5. The molecule has 0 spiro atoms. The molecular weight excluding hydrogens is 312 g/mol. The number of rotatable bonds is 1. The number of allylic oxidation sites excluding steroid dienone is 2.